The first-order valence-corrected chi connectivity index (χ1v) is 5.41. The van der Waals surface area contributed by atoms with Crippen LogP contribution in [0, 0.1) is 13.8 Å². The smallest absolute Gasteiger partial charge is 0.248 e. The number of primary amides is 1. The number of carbonyl (C=O) groups is 1. The molecule has 0 atom stereocenters. The molecule has 0 aliphatic carbocycles. The van der Waals surface area contributed by atoms with Gasteiger partial charge in [-0.15, -0.1) is 0 Å². The van der Waals surface area contributed by atoms with Gasteiger partial charge in [0.1, 0.15) is 0 Å². The van der Waals surface area contributed by atoms with Crippen molar-refractivity contribution in [2.24, 2.45) is 5.73 Å². The van der Waals surface area contributed by atoms with E-state index in [1.54, 1.807) is 12.4 Å². The number of aryl methyl sites for hydroxylation is 2. The second-order valence-electron chi connectivity index (χ2n) is 4.09. The summed E-state index contributed by atoms with van der Waals surface area (Å²) >= 11 is 0. The van der Waals surface area contributed by atoms with E-state index in [-0.39, 0.29) is 0 Å². The van der Waals surface area contributed by atoms with Gasteiger partial charge in [0.25, 0.3) is 0 Å². The zero-order valence-electron chi connectivity index (χ0n) is 9.90. The molecule has 0 aliphatic rings. The SMILES string of the molecule is Cc1cc(C)c(-c2cccnc2)cc1C(N)=O. The van der Waals surface area contributed by atoms with Crippen molar-refractivity contribution in [3.63, 3.8) is 0 Å². The fourth-order valence-electron chi connectivity index (χ4n) is 1.95. The molecule has 86 valence electrons. The predicted octanol–water partition coefficient (Wildman–Crippen LogP) is 2.46. The molecule has 2 aromatic rings. The fraction of sp³-hybridized carbons (Fsp3) is 0.143. The molecule has 0 unspecified atom stereocenters. The molecule has 0 aliphatic heterocycles. The quantitative estimate of drug-likeness (QED) is 0.855. The van der Waals surface area contributed by atoms with Crippen molar-refractivity contribution in [1.82, 2.24) is 4.98 Å². The first kappa shape index (κ1) is 11.3. The van der Waals surface area contributed by atoms with Crippen LogP contribution in [0.4, 0.5) is 0 Å². The molecule has 3 nitrogen and oxygen atoms in total. The Hall–Kier alpha value is -2.16. The Morgan fingerprint density at radius 1 is 1.24 bits per heavy atom. The second kappa shape index (κ2) is 4.37. The van der Waals surface area contributed by atoms with E-state index in [0.29, 0.717) is 5.56 Å². The molecule has 0 bridgehead atoms. The van der Waals surface area contributed by atoms with Crippen LogP contribution in [0.3, 0.4) is 0 Å². The molecule has 3 heteroatoms. The van der Waals surface area contributed by atoms with Gasteiger partial charge in [-0.3, -0.25) is 9.78 Å². The minimum Gasteiger partial charge on any atom is -0.366 e. The van der Waals surface area contributed by atoms with Crippen molar-refractivity contribution < 1.29 is 4.79 Å². The van der Waals surface area contributed by atoms with Crippen LogP contribution in [0.15, 0.2) is 36.7 Å². The molecule has 0 radical (unpaired) electrons. The minimum absolute atomic E-state index is 0.396. The zero-order valence-corrected chi connectivity index (χ0v) is 9.90. The summed E-state index contributed by atoms with van der Waals surface area (Å²) in [5.41, 5.74) is 9.93. The average molecular weight is 226 g/mol. The number of benzene rings is 1. The van der Waals surface area contributed by atoms with Gasteiger partial charge in [0.2, 0.25) is 5.91 Å². The summed E-state index contributed by atoms with van der Waals surface area (Å²) in [6, 6.07) is 7.65. The summed E-state index contributed by atoms with van der Waals surface area (Å²) in [6.07, 6.45) is 3.50. The Labute approximate surface area is 100 Å². The Bertz CT molecular complexity index is 562. The predicted molar refractivity (Wildman–Crippen MR) is 67.7 cm³/mol. The van der Waals surface area contributed by atoms with Crippen molar-refractivity contribution in [3.8, 4) is 11.1 Å². The Balaban J connectivity index is 2.63. The van der Waals surface area contributed by atoms with Crippen molar-refractivity contribution in [2.75, 3.05) is 0 Å². The maximum Gasteiger partial charge on any atom is 0.248 e. The summed E-state index contributed by atoms with van der Waals surface area (Å²) in [5.74, 6) is -0.396. The van der Waals surface area contributed by atoms with E-state index in [0.717, 1.165) is 22.3 Å². The third-order valence-corrected chi connectivity index (χ3v) is 2.81. The topological polar surface area (TPSA) is 56.0 Å². The molecule has 1 aromatic heterocycles. The highest BCUT2D eigenvalue weighted by Crippen LogP contribution is 2.25. The molecular weight excluding hydrogens is 212 g/mol. The summed E-state index contributed by atoms with van der Waals surface area (Å²) in [5, 5.41) is 0. The van der Waals surface area contributed by atoms with Gasteiger partial charge in [-0.25, -0.2) is 0 Å². The van der Waals surface area contributed by atoms with Crippen LogP contribution in [0.2, 0.25) is 0 Å². The molecule has 17 heavy (non-hydrogen) atoms. The lowest BCUT2D eigenvalue weighted by Gasteiger charge is -2.10. The number of rotatable bonds is 2. The lowest BCUT2D eigenvalue weighted by Crippen LogP contribution is -2.13. The highest BCUT2D eigenvalue weighted by molar-refractivity contribution is 5.96. The molecule has 2 N–H and O–H groups in total. The lowest BCUT2D eigenvalue weighted by atomic mass is 9.95. The van der Waals surface area contributed by atoms with E-state index in [1.165, 1.54) is 0 Å². The highest BCUT2D eigenvalue weighted by Gasteiger charge is 2.10. The van der Waals surface area contributed by atoms with E-state index in [4.69, 9.17) is 5.73 Å². The third-order valence-electron chi connectivity index (χ3n) is 2.81. The molecule has 1 heterocycles. The van der Waals surface area contributed by atoms with Gasteiger partial charge in [-0.05, 0) is 42.7 Å². The van der Waals surface area contributed by atoms with Crippen molar-refractivity contribution in [1.29, 1.82) is 0 Å². The molecule has 1 aromatic carbocycles. The third kappa shape index (κ3) is 2.18. The standard InChI is InChI=1S/C14H14N2O/c1-9-6-10(2)13(14(15)17)7-12(9)11-4-3-5-16-8-11/h3-8H,1-2H3,(H2,15,17). The van der Waals surface area contributed by atoms with Crippen LogP contribution in [0.1, 0.15) is 21.5 Å². The van der Waals surface area contributed by atoms with Crippen LogP contribution >= 0.6 is 0 Å². The molecular formula is C14H14N2O. The first-order chi connectivity index (χ1) is 8.09. The molecule has 1 amide bonds. The van der Waals surface area contributed by atoms with Gasteiger partial charge in [-0.2, -0.15) is 0 Å². The van der Waals surface area contributed by atoms with Crippen LogP contribution in [-0.2, 0) is 0 Å². The van der Waals surface area contributed by atoms with E-state index in [9.17, 15) is 4.79 Å². The summed E-state index contributed by atoms with van der Waals surface area (Å²) < 4.78 is 0. The number of nitrogens with two attached hydrogens (primary N) is 1. The van der Waals surface area contributed by atoms with Gasteiger partial charge in [-0.1, -0.05) is 12.1 Å². The average Bonchev–Trinajstić information content (AvgIpc) is 2.29. The number of hydrogen-bond donors (Lipinski definition) is 1. The highest BCUT2D eigenvalue weighted by atomic mass is 16.1. The Morgan fingerprint density at radius 3 is 2.59 bits per heavy atom. The van der Waals surface area contributed by atoms with Gasteiger partial charge >= 0.3 is 0 Å². The first-order valence-electron chi connectivity index (χ1n) is 5.41. The van der Waals surface area contributed by atoms with Crippen molar-refractivity contribution >= 4 is 5.91 Å². The number of nitrogens with zero attached hydrogens (tertiary/aromatic N) is 1. The largest absolute Gasteiger partial charge is 0.366 e. The maximum absolute atomic E-state index is 11.3. The van der Waals surface area contributed by atoms with Gasteiger partial charge in [0.05, 0.1) is 0 Å². The van der Waals surface area contributed by atoms with Gasteiger partial charge in [0.15, 0.2) is 0 Å². The van der Waals surface area contributed by atoms with E-state index in [2.05, 4.69) is 4.98 Å². The summed E-state index contributed by atoms with van der Waals surface area (Å²) in [6.45, 7) is 3.90. The Morgan fingerprint density at radius 2 is 2.00 bits per heavy atom. The number of aromatic nitrogens is 1. The zero-order chi connectivity index (χ0) is 12.4. The van der Waals surface area contributed by atoms with E-state index >= 15 is 0 Å². The van der Waals surface area contributed by atoms with Crippen molar-refractivity contribution in [2.45, 2.75) is 13.8 Å². The molecule has 2 rings (SSSR count). The summed E-state index contributed by atoms with van der Waals surface area (Å²) in [7, 11) is 0. The van der Waals surface area contributed by atoms with Gasteiger partial charge < -0.3 is 5.73 Å². The maximum atomic E-state index is 11.3. The van der Waals surface area contributed by atoms with Crippen LogP contribution in [-0.4, -0.2) is 10.9 Å². The number of amides is 1. The molecule has 0 spiro atoms. The second-order valence-corrected chi connectivity index (χ2v) is 4.09. The van der Waals surface area contributed by atoms with E-state index < -0.39 is 5.91 Å². The minimum atomic E-state index is -0.396. The van der Waals surface area contributed by atoms with Crippen LogP contribution in [0.25, 0.3) is 11.1 Å². The van der Waals surface area contributed by atoms with Crippen LogP contribution < -0.4 is 5.73 Å². The lowest BCUT2D eigenvalue weighted by molar-refractivity contribution is 0.1000. The van der Waals surface area contributed by atoms with Crippen molar-refractivity contribution in [3.05, 3.63) is 53.3 Å². The molecule has 0 saturated carbocycles. The molecule has 0 saturated heterocycles. The summed E-state index contributed by atoms with van der Waals surface area (Å²) in [4.78, 5) is 15.4. The van der Waals surface area contributed by atoms with Gasteiger partial charge in [0, 0.05) is 23.5 Å². The number of pyridine rings is 1. The van der Waals surface area contributed by atoms with E-state index in [1.807, 2.05) is 38.1 Å². The molecule has 0 fully saturated rings. The monoisotopic (exact) mass is 226 g/mol. The number of hydrogen-bond acceptors (Lipinski definition) is 2. The Kier molecular flexibility index (Phi) is 2.91. The van der Waals surface area contributed by atoms with Crippen LogP contribution in [0.5, 0.6) is 0 Å². The fourth-order valence-corrected chi connectivity index (χ4v) is 1.95. The number of carbonyl (C=O) groups excluding carboxylic acids is 1. The normalized spacial score (nSPS) is 10.2.